The number of carbonyl (C=O) groups excluding carboxylic acids is 3. The van der Waals surface area contributed by atoms with Crippen molar-refractivity contribution in [2.75, 3.05) is 19.0 Å². The molecule has 1 fully saturated rings. The minimum Gasteiger partial charge on any atom is -0.493 e. The van der Waals surface area contributed by atoms with Crippen molar-refractivity contribution in [3.05, 3.63) is 105 Å². The molecule has 4 aromatic rings. The molecule has 7 nitrogen and oxygen atoms in total. The van der Waals surface area contributed by atoms with Crippen molar-refractivity contribution >= 4 is 67.3 Å². The number of ether oxygens (including phenoxy) is 2. The Hall–Kier alpha value is -4.08. The van der Waals surface area contributed by atoms with E-state index in [1.807, 2.05) is 67.6 Å². The number of hydrogen-bond donors (Lipinski definition) is 1. The molecule has 0 aliphatic carbocycles. The van der Waals surface area contributed by atoms with Crippen LogP contribution in [-0.4, -0.2) is 35.7 Å². The zero-order valence-corrected chi connectivity index (χ0v) is 24.2. The number of amides is 3. The van der Waals surface area contributed by atoms with Gasteiger partial charge in [-0.1, -0.05) is 48.5 Å². The van der Waals surface area contributed by atoms with E-state index in [9.17, 15) is 14.4 Å². The van der Waals surface area contributed by atoms with Gasteiger partial charge < -0.3 is 14.8 Å². The molecule has 4 aromatic carbocycles. The molecule has 0 unspecified atom stereocenters. The van der Waals surface area contributed by atoms with Crippen LogP contribution in [-0.2, 0) is 16.1 Å². The number of methoxy groups -OCH3 is 1. The van der Waals surface area contributed by atoms with Crippen molar-refractivity contribution in [3.63, 3.8) is 0 Å². The smallest absolute Gasteiger partial charge is 0.293 e. The second-order valence-corrected chi connectivity index (χ2v) is 11.0. The number of thioether (sulfide) groups is 1. The highest BCUT2D eigenvalue weighted by molar-refractivity contribution is 9.10. The summed E-state index contributed by atoms with van der Waals surface area (Å²) in [6.07, 6.45) is 1.65. The van der Waals surface area contributed by atoms with E-state index in [1.54, 1.807) is 24.3 Å². The van der Waals surface area contributed by atoms with Gasteiger partial charge in [-0.3, -0.25) is 19.3 Å². The van der Waals surface area contributed by atoms with E-state index in [0.29, 0.717) is 32.1 Å². The van der Waals surface area contributed by atoms with E-state index in [4.69, 9.17) is 9.47 Å². The monoisotopic (exact) mass is 616 g/mol. The minimum absolute atomic E-state index is 0.192. The predicted octanol–water partition coefficient (Wildman–Crippen LogP) is 7.17. The maximum Gasteiger partial charge on any atom is 0.293 e. The number of imide groups is 1. The van der Waals surface area contributed by atoms with Gasteiger partial charge in [-0.2, -0.15) is 0 Å². The molecule has 1 N–H and O–H groups in total. The zero-order valence-electron chi connectivity index (χ0n) is 21.8. The predicted molar refractivity (Wildman–Crippen MR) is 161 cm³/mol. The van der Waals surface area contributed by atoms with Gasteiger partial charge in [-0.15, -0.1) is 0 Å². The van der Waals surface area contributed by atoms with Gasteiger partial charge >= 0.3 is 0 Å². The average molecular weight is 618 g/mol. The second kappa shape index (κ2) is 12.0. The first kappa shape index (κ1) is 27.5. The van der Waals surface area contributed by atoms with E-state index in [1.165, 1.54) is 12.0 Å². The fourth-order valence-corrected chi connectivity index (χ4v) is 5.74. The van der Waals surface area contributed by atoms with Crippen LogP contribution < -0.4 is 14.8 Å². The van der Waals surface area contributed by atoms with Crippen molar-refractivity contribution in [1.29, 1.82) is 0 Å². The van der Waals surface area contributed by atoms with Crippen LogP contribution in [0.2, 0.25) is 0 Å². The van der Waals surface area contributed by atoms with Gasteiger partial charge in [0.15, 0.2) is 18.1 Å². The summed E-state index contributed by atoms with van der Waals surface area (Å²) in [5.74, 6) is 0.0536. The molecule has 1 saturated heterocycles. The van der Waals surface area contributed by atoms with Gasteiger partial charge in [0.05, 0.1) is 23.0 Å². The van der Waals surface area contributed by atoms with Crippen LogP contribution >= 0.6 is 27.7 Å². The van der Waals surface area contributed by atoms with Crippen LogP contribution in [0.25, 0.3) is 16.8 Å². The summed E-state index contributed by atoms with van der Waals surface area (Å²) < 4.78 is 11.8. The molecule has 0 radical (unpaired) electrons. The number of halogens is 1. The number of benzene rings is 4. The Bertz CT molecular complexity index is 1670. The number of nitrogens with zero attached hydrogens (tertiary/aromatic N) is 1. The lowest BCUT2D eigenvalue weighted by Crippen LogP contribution is -2.27. The van der Waals surface area contributed by atoms with Crippen molar-refractivity contribution in [2.24, 2.45) is 0 Å². The van der Waals surface area contributed by atoms with Crippen LogP contribution in [0.15, 0.2) is 88.2 Å². The maximum absolute atomic E-state index is 13.1. The Morgan fingerprint density at radius 3 is 2.58 bits per heavy atom. The quantitative estimate of drug-likeness (QED) is 0.211. The largest absolute Gasteiger partial charge is 0.493 e. The maximum atomic E-state index is 13.1. The zero-order chi connectivity index (χ0) is 28.2. The molecule has 1 aliphatic heterocycles. The highest BCUT2D eigenvalue weighted by Gasteiger charge is 2.35. The molecule has 0 aromatic heterocycles. The average Bonchev–Trinajstić information content (AvgIpc) is 3.19. The highest BCUT2D eigenvalue weighted by Crippen LogP contribution is 2.39. The second-order valence-electron chi connectivity index (χ2n) is 9.19. The highest BCUT2D eigenvalue weighted by atomic mass is 79.9. The van der Waals surface area contributed by atoms with Gasteiger partial charge in [-0.25, -0.2) is 0 Å². The number of aryl methyl sites for hydroxylation is 1. The number of hydrogen-bond acceptors (Lipinski definition) is 6. The summed E-state index contributed by atoms with van der Waals surface area (Å²) >= 11 is 4.38. The third-order valence-electron chi connectivity index (χ3n) is 6.23. The lowest BCUT2D eigenvalue weighted by molar-refractivity contribution is -0.123. The molecule has 0 bridgehead atoms. The standard InChI is InChI=1S/C31H25BrN2O5S/c1-19-6-5-9-24(12-19)33-28(35)18-39-29-25(32)14-21(15-26(29)38-2)16-27-30(36)34(31(37)40-27)17-20-10-11-22-7-3-4-8-23(22)13-20/h3-16H,17-18H2,1-2H3,(H,33,35)/b27-16-. The van der Waals surface area contributed by atoms with E-state index < -0.39 is 0 Å². The van der Waals surface area contributed by atoms with Crippen molar-refractivity contribution in [1.82, 2.24) is 4.90 Å². The lowest BCUT2D eigenvalue weighted by Gasteiger charge is -2.14. The van der Waals surface area contributed by atoms with Crippen molar-refractivity contribution in [2.45, 2.75) is 13.5 Å². The molecular weight excluding hydrogens is 592 g/mol. The Balaban J connectivity index is 1.29. The van der Waals surface area contributed by atoms with Gasteiger partial charge in [0.1, 0.15) is 0 Å². The van der Waals surface area contributed by atoms with Crippen molar-refractivity contribution in [3.8, 4) is 11.5 Å². The molecule has 0 atom stereocenters. The minimum atomic E-state index is -0.355. The van der Waals surface area contributed by atoms with Crippen LogP contribution in [0.5, 0.6) is 11.5 Å². The normalized spacial score (nSPS) is 14.2. The number of rotatable bonds is 8. The van der Waals surface area contributed by atoms with E-state index in [0.717, 1.165) is 33.7 Å². The Morgan fingerprint density at radius 1 is 1.00 bits per heavy atom. The lowest BCUT2D eigenvalue weighted by atomic mass is 10.1. The Morgan fingerprint density at radius 2 is 1.80 bits per heavy atom. The molecular formula is C31H25BrN2O5S. The summed E-state index contributed by atoms with van der Waals surface area (Å²) in [4.78, 5) is 39.9. The van der Waals surface area contributed by atoms with Gasteiger partial charge in [0.25, 0.3) is 17.1 Å². The number of fused-ring (bicyclic) bond motifs is 1. The molecule has 1 heterocycles. The molecule has 0 saturated carbocycles. The fraction of sp³-hybridized carbons (Fsp3) is 0.129. The first-order valence-electron chi connectivity index (χ1n) is 12.4. The number of carbonyl (C=O) groups is 3. The van der Waals surface area contributed by atoms with Gasteiger partial charge in [0.2, 0.25) is 0 Å². The molecule has 3 amide bonds. The summed E-state index contributed by atoms with van der Waals surface area (Å²) in [6.45, 7) is 1.91. The first-order valence-corrected chi connectivity index (χ1v) is 14.0. The first-order chi connectivity index (χ1) is 19.3. The third kappa shape index (κ3) is 6.21. The molecule has 1 aliphatic rings. The van der Waals surface area contributed by atoms with Crippen LogP contribution in [0.3, 0.4) is 0 Å². The number of anilines is 1. The summed E-state index contributed by atoms with van der Waals surface area (Å²) in [6, 6.07) is 24.8. The molecule has 5 rings (SSSR count). The molecule has 0 spiro atoms. The van der Waals surface area contributed by atoms with Crippen LogP contribution in [0, 0.1) is 6.92 Å². The molecule has 9 heteroatoms. The summed E-state index contributed by atoms with van der Waals surface area (Å²) in [5, 5.41) is 4.63. The number of nitrogens with one attached hydrogen (secondary N) is 1. The van der Waals surface area contributed by atoms with Gasteiger partial charge in [0, 0.05) is 5.69 Å². The fourth-order valence-electron chi connectivity index (χ4n) is 4.33. The Kier molecular flexibility index (Phi) is 8.23. The molecule has 40 heavy (non-hydrogen) atoms. The van der Waals surface area contributed by atoms with E-state index in [2.05, 4.69) is 21.2 Å². The SMILES string of the molecule is COc1cc(/C=C2\SC(=O)N(Cc3ccc4ccccc4c3)C2=O)cc(Br)c1OCC(=O)Nc1cccc(C)c1. The topological polar surface area (TPSA) is 84.9 Å². The van der Waals surface area contributed by atoms with Crippen LogP contribution in [0.4, 0.5) is 10.5 Å². The van der Waals surface area contributed by atoms with E-state index >= 15 is 0 Å². The van der Waals surface area contributed by atoms with Gasteiger partial charge in [-0.05, 0) is 98.5 Å². The summed E-state index contributed by atoms with van der Waals surface area (Å²) in [7, 11) is 1.49. The molecule has 202 valence electrons. The van der Waals surface area contributed by atoms with Crippen LogP contribution in [0.1, 0.15) is 16.7 Å². The third-order valence-corrected chi connectivity index (χ3v) is 7.72. The summed E-state index contributed by atoms with van der Waals surface area (Å²) in [5.41, 5.74) is 3.23. The van der Waals surface area contributed by atoms with Crippen molar-refractivity contribution < 1.29 is 23.9 Å². The Labute approximate surface area is 244 Å². The van der Waals surface area contributed by atoms with E-state index in [-0.39, 0.29) is 30.2 Å².